The van der Waals surface area contributed by atoms with E-state index in [1.54, 1.807) is 0 Å². The molecule has 3 N–H and O–H groups in total. The molecular formula is C20H48BrN2+. The SMILES string of the molecule is CBr.CCCCCCCCCCCCCCCC[N+](C)(C)C.N. The minimum absolute atomic E-state index is 0. The van der Waals surface area contributed by atoms with Crippen molar-refractivity contribution in [3.8, 4) is 0 Å². The first-order valence-corrected chi connectivity index (χ1v) is 11.3. The summed E-state index contributed by atoms with van der Waals surface area (Å²) < 4.78 is 1.12. The van der Waals surface area contributed by atoms with Gasteiger partial charge in [-0.25, -0.2) is 0 Å². The fraction of sp³-hybridized carbons (Fsp3) is 1.00. The third-order valence-electron chi connectivity index (χ3n) is 4.18. The van der Waals surface area contributed by atoms with E-state index in [-0.39, 0.29) is 6.15 Å². The van der Waals surface area contributed by atoms with E-state index in [2.05, 4.69) is 44.0 Å². The van der Waals surface area contributed by atoms with Gasteiger partial charge in [0.05, 0.1) is 27.7 Å². The summed E-state index contributed by atoms with van der Waals surface area (Å²) in [5, 5.41) is 0. The summed E-state index contributed by atoms with van der Waals surface area (Å²) in [5.74, 6) is 1.81. The summed E-state index contributed by atoms with van der Waals surface area (Å²) in [6.07, 6.45) is 20.4. The first-order chi connectivity index (χ1) is 10.6. The molecule has 0 aliphatic rings. The smallest absolute Gasteiger partial charge is 0.0780 e. The Morgan fingerprint density at radius 2 is 0.783 bits per heavy atom. The van der Waals surface area contributed by atoms with E-state index >= 15 is 0 Å². The normalized spacial score (nSPS) is 10.7. The van der Waals surface area contributed by atoms with Gasteiger partial charge in [0, 0.05) is 0 Å². The Morgan fingerprint density at radius 3 is 1.04 bits per heavy atom. The fourth-order valence-corrected chi connectivity index (χ4v) is 2.78. The number of halogens is 1. The van der Waals surface area contributed by atoms with Crippen LogP contribution in [0.15, 0.2) is 0 Å². The number of hydrogen-bond acceptors (Lipinski definition) is 1. The van der Waals surface area contributed by atoms with Crippen molar-refractivity contribution in [1.82, 2.24) is 6.15 Å². The predicted molar refractivity (Wildman–Crippen MR) is 113 cm³/mol. The molecule has 0 amide bonds. The lowest BCUT2D eigenvalue weighted by Crippen LogP contribution is -2.35. The summed E-state index contributed by atoms with van der Waals surface area (Å²) in [5.41, 5.74) is 0. The van der Waals surface area contributed by atoms with Crippen molar-refractivity contribution in [2.45, 2.75) is 96.8 Å². The highest BCUT2D eigenvalue weighted by molar-refractivity contribution is 9.08. The van der Waals surface area contributed by atoms with Crippen molar-refractivity contribution >= 4 is 15.9 Å². The minimum atomic E-state index is 0. The molecule has 0 aromatic heterocycles. The average molecular weight is 397 g/mol. The highest BCUT2D eigenvalue weighted by Gasteiger charge is 2.04. The predicted octanol–water partition coefficient (Wildman–Crippen LogP) is 7.35. The van der Waals surface area contributed by atoms with Gasteiger partial charge in [-0.1, -0.05) is 99.9 Å². The van der Waals surface area contributed by atoms with Crippen LogP contribution in [0.2, 0.25) is 0 Å². The van der Waals surface area contributed by atoms with E-state index < -0.39 is 0 Å². The molecule has 0 rings (SSSR count). The molecule has 0 spiro atoms. The zero-order chi connectivity index (χ0) is 17.1. The minimum Gasteiger partial charge on any atom is -0.344 e. The molecule has 0 heterocycles. The van der Waals surface area contributed by atoms with Crippen LogP contribution in [-0.4, -0.2) is 38.0 Å². The third kappa shape index (κ3) is 30.8. The van der Waals surface area contributed by atoms with Crippen molar-refractivity contribution in [2.24, 2.45) is 0 Å². The van der Waals surface area contributed by atoms with Crippen LogP contribution in [-0.2, 0) is 0 Å². The number of rotatable bonds is 15. The Hall–Kier alpha value is 0.400. The van der Waals surface area contributed by atoms with Gasteiger partial charge in [-0.3, -0.25) is 0 Å². The molecule has 2 nitrogen and oxygen atoms in total. The summed E-state index contributed by atoms with van der Waals surface area (Å²) in [6.45, 7) is 3.63. The largest absolute Gasteiger partial charge is 0.344 e. The number of quaternary nitrogens is 1. The molecule has 0 aromatic carbocycles. The van der Waals surface area contributed by atoms with Crippen LogP contribution in [0.4, 0.5) is 0 Å². The number of unbranched alkanes of at least 4 members (excludes halogenated alkanes) is 13. The number of hydrogen-bond donors (Lipinski definition) is 1. The lowest BCUT2D eigenvalue weighted by atomic mass is 10.0. The molecule has 0 bridgehead atoms. The van der Waals surface area contributed by atoms with Gasteiger partial charge in [0.25, 0.3) is 0 Å². The Bertz CT molecular complexity index is 191. The van der Waals surface area contributed by atoms with E-state index in [0.29, 0.717) is 0 Å². The molecule has 0 aliphatic carbocycles. The molecular weight excluding hydrogens is 348 g/mol. The number of nitrogens with zero attached hydrogens (tertiary/aromatic N) is 1. The Morgan fingerprint density at radius 1 is 0.522 bits per heavy atom. The Kier molecular flexibility index (Phi) is 27.5. The fourth-order valence-electron chi connectivity index (χ4n) is 2.78. The van der Waals surface area contributed by atoms with Gasteiger partial charge in [0.15, 0.2) is 0 Å². The van der Waals surface area contributed by atoms with Crippen LogP contribution in [0.25, 0.3) is 0 Å². The van der Waals surface area contributed by atoms with Crippen molar-refractivity contribution in [1.29, 1.82) is 0 Å². The maximum absolute atomic E-state index is 2.94. The van der Waals surface area contributed by atoms with Crippen LogP contribution < -0.4 is 6.15 Å². The van der Waals surface area contributed by atoms with Gasteiger partial charge in [-0.2, -0.15) is 0 Å². The maximum Gasteiger partial charge on any atom is 0.0780 e. The van der Waals surface area contributed by atoms with Gasteiger partial charge < -0.3 is 10.6 Å². The molecule has 0 fully saturated rings. The Labute approximate surface area is 157 Å². The molecule has 0 saturated carbocycles. The maximum atomic E-state index is 2.94. The second kappa shape index (κ2) is 22.4. The van der Waals surface area contributed by atoms with Crippen LogP contribution in [0.5, 0.6) is 0 Å². The standard InChI is InChI=1S/C19H42N.CH3Br.H3N/c1-5-6-7-8-9-10-11-12-13-14-15-16-17-18-19-20(2,3)4;1-2;/h5-19H2,1-4H3;1H3;1H3/q+1;;. The topological polar surface area (TPSA) is 35.0 Å². The summed E-state index contributed by atoms with van der Waals surface area (Å²) >= 11 is 2.94. The first-order valence-electron chi connectivity index (χ1n) is 9.74. The average Bonchev–Trinajstić information content (AvgIpc) is 2.48. The van der Waals surface area contributed by atoms with Crippen LogP contribution >= 0.6 is 15.9 Å². The molecule has 0 saturated heterocycles. The van der Waals surface area contributed by atoms with Crippen LogP contribution in [0.3, 0.4) is 0 Å². The lowest BCUT2D eigenvalue weighted by Gasteiger charge is -2.23. The van der Waals surface area contributed by atoms with Crippen LogP contribution in [0, 0.1) is 0 Å². The third-order valence-corrected chi connectivity index (χ3v) is 4.18. The van der Waals surface area contributed by atoms with E-state index in [1.165, 1.54) is 96.4 Å². The van der Waals surface area contributed by atoms with Gasteiger partial charge >= 0.3 is 0 Å². The monoisotopic (exact) mass is 395 g/mol. The van der Waals surface area contributed by atoms with E-state index in [9.17, 15) is 0 Å². The highest BCUT2D eigenvalue weighted by Crippen LogP contribution is 2.13. The van der Waals surface area contributed by atoms with Gasteiger partial charge in [0.2, 0.25) is 0 Å². The molecule has 0 atom stereocenters. The summed E-state index contributed by atoms with van der Waals surface area (Å²) in [6, 6.07) is 0. The molecule has 23 heavy (non-hydrogen) atoms. The first kappa shape index (κ1) is 28.2. The molecule has 3 heteroatoms. The van der Waals surface area contributed by atoms with Crippen molar-refractivity contribution < 1.29 is 4.48 Å². The van der Waals surface area contributed by atoms with Crippen LogP contribution in [0.1, 0.15) is 96.8 Å². The van der Waals surface area contributed by atoms with Crippen molar-refractivity contribution in [2.75, 3.05) is 33.5 Å². The summed E-state index contributed by atoms with van der Waals surface area (Å²) in [7, 11) is 6.88. The van der Waals surface area contributed by atoms with Crippen molar-refractivity contribution in [3.05, 3.63) is 0 Å². The second-order valence-electron chi connectivity index (χ2n) is 7.61. The molecule has 144 valence electrons. The molecule has 0 unspecified atom stereocenters. The number of alkyl halides is 1. The zero-order valence-corrected chi connectivity index (χ0v) is 18.7. The van der Waals surface area contributed by atoms with E-state index in [4.69, 9.17) is 0 Å². The summed E-state index contributed by atoms with van der Waals surface area (Å²) in [4.78, 5) is 0. The highest BCUT2D eigenvalue weighted by atomic mass is 79.9. The quantitative estimate of drug-likeness (QED) is 0.175. The van der Waals surface area contributed by atoms with Gasteiger partial charge in [0.1, 0.15) is 0 Å². The molecule has 0 radical (unpaired) electrons. The van der Waals surface area contributed by atoms with Gasteiger partial charge in [-0.15, -0.1) is 0 Å². The van der Waals surface area contributed by atoms with E-state index in [1.807, 2.05) is 5.83 Å². The molecule has 0 aliphatic heterocycles. The molecule has 0 aromatic rings. The lowest BCUT2D eigenvalue weighted by molar-refractivity contribution is -0.870. The van der Waals surface area contributed by atoms with Gasteiger partial charge in [-0.05, 0) is 18.7 Å². The Balaban J connectivity index is -0.00000128. The van der Waals surface area contributed by atoms with Crippen molar-refractivity contribution in [3.63, 3.8) is 0 Å². The van der Waals surface area contributed by atoms with E-state index in [0.717, 1.165) is 4.48 Å². The zero-order valence-electron chi connectivity index (χ0n) is 17.1. The second-order valence-corrected chi connectivity index (χ2v) is 7.61.